The summed E-state index contributed by atoms with van der Waals surface area (Å²) in [4.78, 5) is 16.5. The third-order valence-corrected chi connectivity index (χ3v) is 4.92. The van der Waals surface area contributed by atoms with Gasteiger partial charge in [0, 0.05) is 43.1 Å². The second-order valence-electron chi connectivity index (χ2n) is 6.23. The van der Waals surface area contributed by atoms with Gasteiger partial charge in [-0.05, 0) is 42.5 Å². The van der Waals surface area contributed by atoms with Crippen LogP contribution in [0.5, 0.6) is 0 Å². The molecule has 0 radical (unpaired) electrons. The average molecular weight is 419 g/mol. The van der Waals surface area contributed by atoms with Gasteiger partial charge in [-0.2, -0.15) is 5.26 Å². The third kappa shape index (κ3) is 4.94. The molecular weight excluding hydrogens is 402 g/mol. The smallest absolute Gasteiger partial charge is 0.267 e. The lowest BCUT2D eigenvalue weighted by molar-refractivity contribution is -0.112. The molecule has 0 unspecified atom stereocenters. The number of nitriles is 1. The molecule has 1 saturated heterocycles. The first-order valence-corrected chi connectivity index (χ1v) is 9.35. The van der Waals surface area contributed by atoms with Crippen molar-refractivity contribution in [3.05, 3.63) is 70.1 Å². The zero-order valence-electron chi connectivity index (χ0n) is 14.8. The Hall–Kier alpha value is -2.75. The zero-order chi connectivity index (χ0) is 20.1. The Bertz CT molecular complexity index is 932. The van der Waals surface area contributed by atoms with Crippen LogP contribution in [0.4, 0.5) is 15.8 Å². The monoisotopic (exact) mass is 418 g/mol. The molecule has 0 spiro atoms. The van der Waals surface area contributed by atoms with E-state index in [1.807, 2.05) is 11.0 Å². The summed E-state index contributed by atoms with van der Waals surface area (Å²) >= 11 is 12.0. The number of amides is 1. The van der Waals surface area contributed by atoms with Gasteiger partial charge in [0.25, 0.3) is 5.91 Å². The fraction of sp³-hybridized carbons (Fsp3) is 0.200. The molecule has 1 heterocycles. The Balaban J connectivity index is 1.63. The van der Waals surface area contributed by atoms with Crippen LogP contribution >= 0.6 is 23.2 Å². The van der Waals surface area contributed by atoms with Crippen molar-refractivity contribution in [2.75, 3.05) is 36.4 Å². The first kappa shape index (κ1) is 20.0. The van der Waals surface area contributed by atoms with Gasteiger partial charge in [-0.25, -0.2) is 4.39 Å². The fourth-order valence-corrected chi connectivity index (χ4v) is 3.20. The van der Waals surface area contributed by atoms with E-state index < -0.39 is 5.91 Å². The summed E-state index contributed by atoms with van der Waals surface area (Å²) in [6.45, 7) is 2.66. The lowest BCUT2D eigenvalue weighted by atomic mass is 10.2. The van der Waals surface area contributed by atoms with Crippen molar-refractivity contribution in [2.45, 2.75) is 0 Å². The predicted octanol–water partition coefficient (Wildman–Crippen LogP) is 4.30. The molecule has 5 nitrogen and oxygen atoms in total. The summed E-state index contributed by atoms with van der Waals surface area (Å²) in [6, 6.07) is 13.0. The van der Waals surface area contributed by atoms with Crippen LogP contribution in [0.15, 0.2) is 54.2 Å². The lowest BCUT2D eigenvalue weighted by Crippen LogP contribution is -2.44. The number of nitrogens with one attached hydrogen (secondary N) is 1. The number of nitrogens with zero attached hydrogens (tertiary/aromatic N) is 3. The Morgan fingerprint density at radius 3 is 2.43 bits per heavy atom. The highest BCUT2D eigenvalue weighted by atomic mass is 35.5. The van der Waals surface area contributed by atoms with Gasteiger partial charge in [0.15, 0.2) is 0 Å². The summed E-state index contributed by atoms with van der Waals surface area (Å²) in [5.74, 6) is -0.817. The van der Waals surface area contributed by atoms with E-state index in [0.29, 0.717) is 41.9 Å². The van der Waals surface area contributed by atoms with Crippen molar-refractivity contribution in [3.8, 4) is 6.07 Å². The van der Waals surface area contributed by atoms with E-state index >= 15 is 0 Å². The second kappa shape index (κ2) is 8.96. The molecule has 0 aromatic heterocycles. The molecular formula is C20H17Cl2FN4O. The second-order valence-corrected chi connectivity index (χ2v) is 7.08. The minimum absolute atomic E-state index is 0.0220. The minimum Gasteiger partial charge on any atom is -0.373 e. The van der Waals surface area contributed by atoms with Gasteiger partial charge in [0.1, 0.15) is 17.5 Å². The van der Waals surface area contributed by atoms with Gasteiger partial charge in [0.05, 0.1) is 10.7 Å². The highest BCUT2D eigenvalue weighted by molar-refractivity contribution is 6.35. The van der Waals surface area contributed by atoms with Crippen LogP contribution in [0, 0.1) is 17.1 Å². The van der Waals surface area contributed by atoms with Crippen LogP contribution in [-0.4, -0.2) is 37.0 Å². The van der Waals surface area contributed by atoms with Crippen LogP contribution in [0.1, 0.15) is 0 Å². The van der Waals surface area contributed by atoms with Gasteiger partial charge < -0.3 is 15.1 Å². The van der Waals surface area contributed by atoms with Crippen molar-refractivity contribution in [1.82, 2.24) is 4.90 Å². The van der Waals surface area contributed by atoms with Crippen LogP contribution in [-0.2, 0) is 4.79 Å². The van der Waals surface area contributed by atoms with Gasteiger partial charge >= 0.3 is 0 Å². The fourth-order valence-electron chi connectivity index (χ4n) is 2.86. The van der Waals surface area contributed by atoms with Crippen molar-refractivity contribution in [3.63, 3.8) is 0 Å². The van der Waals surface area contributed by atoms with Gasteiger partial charge in [-0.15, -0.1) is 0 Å². The molecule has 28 heavy (non-hydrogen) atoms. The predicted molar refractivity (Wildman–Crippen MR) is 109 cm³/mol. The first-order valence-electron chi connectivity index (χ1n) is 8.59. The van der Waals surface area contributed by atoms with Crippen LogP contribution in [0.25, 0.3) is 0 Å². The van der Waals surface area contributed by atoms with Gasteiger partial charge in [0.2, 0.25) is 0 Å². The number of anilines is 2. The maximum atomic E-state index is 13.1. The maximum Gasteiger partial charge on any atom is 0.267 e. The minimum atomic E-state index is -0.548. The molecule has 1 N–H and O–H groups in total. The third-order valence-electron chi connectivity index (χ3n) is 4.36. The normalized spacial score (nSPS) is 14.6. The van der Waals surface area contributed by atoms with Crippen molar-refractivity contribution in [2.24, 2.45) is 0 Å². The van der Waals surface area contributed by atoms with E-state index in [1.54, 1.807) is 30.5 Å². The number of halogens is 3. The molecule has 144 valence electrons. The Morgan fingerprint density at radius 1 is 1.11 bits per heavy atom. The first-order chi connectivity index (χ1) is 13.5. The molecule has 1 aliphatic rings. The van der Waals surface area contributed by atoms with E-state index in [2.05, 4.69) is 10.2 Å². The molecule has 8 heteroatoms. The largest absolute Gasteiger partial charge is 0.373 e. The van der Waals surface area contributed by atoms with Crippen LogP contribution in [0.2, 0.25) is 10.0 Å². The number of carbonyl (C=O) groups excluding carboxylic acids is 1. The highest BCUT2D eigenvalue weighted by Crippen LogP contribution is 2.26. The number of hydrogen-bond acceptors (Lipinski definition) is 4. The molecule has 3 rings (SSSR count). The molecule has 1 aliphatic heterocycles. The van der Waals surface area contributed by atoms with Crippen LogP contribution in [0.3, 0.4) is 0 Å². The maximum absolute atomic E-state index is 13.1. The summed E-state index contributed by atoms with van der Waals surface area (Å²) in [5.41, 5.74) is 1.27. The molecule has 0 bridgehead atoms. The van der Waals surface area contributed by atoms with Gasteiger partial charge in [-0.1, -0.05) is 23.2 Å². The Kier molecular flexibility index (Phi) is 6.40. The summed E-state index contributed by atoms with van der Waals surface area (Å²) < 4.78 is 13.1. The average Bonchev–Trinajstić information content (AvgIpc) is 2.70. The molecule has 0 atom stereocenters. The topological polar surface area (TPSA) is 59.4 Å². The standard InChI is InChI=1S/C20H17Cl2FN4O/c21-15-1-6-18(22)19(11-15)25-20(28)14(12-24)13-26-7-9-27(10-8-26)17-4-2-16(23)3-5-17/h1-6,11,13H,7-10H2,(H,25,28)/b14-13-. The van der Waals surface area contributed by atoms with Gasteiger partial charge in [-0.3, -0.25) is 4.79 Å². The van der Waals surface area contributed by atoms with Crippen molar-refractivity contribution >= 4 is 40.5 Å². The van der Waals surface area contributed by atoms with Crippen molar-refractivity contribution < 1.29 is 9.18 Å². The molecule has 2 aromatic carbocycles. The lowest BCUT2D eigenvalue weighted by Gasteiger charge is -2.35. The summed E-state index contributed by atoms with van der Waals surface area (Å²) in [5, 5.41) is 12.8. The van der Waals surface area contributed by atoms with E-state index in [1.165, 1.54) is 18.2 Å². The van der Waals surface area contributed by atoms with E-state index in [9.17, 15) is 14.4 Å². The quantitative estimate of drug-likeness (QED) is 0.593. The number of carbonyl (C=O) groups is 1. The van der Waals surface area contributed by atoms with Crippen molar-refractivity contribution in [1.29, 1.82) is 5.26 Å². The van der Waals surface area contributed by atoms with E-state index in [-0.39, 0.29) is 11.4 Å². The zero-order valence-corrected chi connectivity index (χ0v) is 16.3. The molecule has 0 saturated carbocycles. The van der Waals surface area contributed by atoms with E-state index in [4.69, 9.17) is 23.2 Å². The molecule has 1 amide bonds. The summed E-state index contributed by atoms with van der Waals surface area (Å²) in [6.07, 6.45) is 1.55. The molecule has 1 fully saturated rings. The number of rotatable bonds is 4. The number of benzene rings is 2. The molecule has 2 aromatic rings. The SMILES string of the molecule is N#C/C(=C/N1CCN(c2ccc(F)cc2)CC1)C(=O)Nc1cc(Cl)ccc1Cl. The number of hydrogen-bond donors (Lipinski definition) is 1. The Labute approximate surface area is 172 Å². The van der Waals surface area contributed by atoms with E-state index in [0.717, 1.165) is 5.69 Å². The summed E-state index contributed by atoms with van der Waals surface area (Å²) in [7, 11) is 0. The molecule has 0 aliphatic carbocycles. The highest BCUT2D eigenvalue weighted by Gasteiger charge is 2.18. The Morgan fingerprint density at radius 2 is 1.79 bits per heavy atom. The number of piperazine rings is 1. The van der Waals surface area contributed by atoms with Crippen LogP contribution < -0.4 is 10.2 Å².